The molecule has 1 aliphatic rings. The van der Waals surface area contributed by atoms with E-state index in [2.05, 4.69) is 43.4 Å². The molecule has 94 valence electrons. The van der Waals surface area contributed by atoms with E-state index < -0.39 is 0 Å². The van der Waals surface area contributed by atoms with Crippen LogP contribution in [0.5, 0.6) is 0 Å². The van der Waals surface area contributed by atoms with E-state index in [0.29, 0.717) is 12.0 Å². The van der Waals surface area contributed by atoms with Crippen molar-refractivity contribution in [1.29, 1.82) is 0 Å². The number of nitrogens with one attached hydrogen (secondary N) is 1. The summed E-state index contributed by atoms with van der Waals surface area (Å²) in [6.45, 7) is 5.40. The Morgan fingerprint density at radius 3 is 2.76 bits per heavy atom. The first-order valence-corrected chi connectivity index (χ1v) is 6.64. The Bertz CT molecular complexity index is 364. The fourth-order valence-electron chi connectivity index (χ4n) is 2.76. The topological polar surface area (TPSA) is 32.3 Å². The monoisotopic (exact) mass is 233 g/mol. The third kappa shape index (κ3) is 3.30. The van der Waals surface area contributed by atoms with Gasteiger partial charge in [-0.25, -0.2) is 0 Å². The van der Waals surface area contributed by atoms with Gasteiger partial charge >= 0.3 is 0 Å². The molecule has 0 aliphatic heterocycles. The summed E-state index contributed by atoms with van der Waals surface area (Å²) in [6.07, 6.45) is 3.04. The van der Waals surface area contributed by atoms with Gasteiger partial charge in [-0.3, -0.25) is 0 Å². The minimum Gasteiger partial charge on any atom is -0.393 e. The summed E-state index contributed by atoms with van der Waals surface area (Å²) < 4.78 is 0. The molecule has 0 saturated heterocycles. The molecule has 3 unspecified atom stereocenters. The summed E-state index contributed by atoms with van der Waals surface area (Å²) >= 11 is 0. The minimum atomic E-state index is -0.0597. The number of aliphatic hydroxyl groups excluding tert-OH is 1. The van der Waals surface area contributed by atoms with E-state index in [4.69, 9.17) is 0 Å². The minimum absolute atomic E-state index is 0.0597. The molecule has 0 radical (unpaired) electrons. The largest absolute Gasteiger partial charge is 0.393 e. The van der Waals surface area contributed by atoms with Crippen LogP contribution < -0.4 is 5.32 Å². The number of benzene rings is 1. The predicted molar refractivity (Wildman–Crippen MR) is 70.9 cm³/mol. The number of hydrogen-bond donors (Lipinski definition) is 2. The Labute approximate surface area is 104 Å². The van der Waals surface area contributed by atoms with E-state index in [1.165, 1.54) is 11.1 Å². The van der Waals surface area contributed by atoms with Crippen molar-refractivity contribution in [3.8, 4) is 0 Å². The summed E-state index contributed by atoms with van der Waals surface area (Å²) in [5.41, 5.74) is 2.73. The van der Waals surface area contributed by atoms with Crippen molar-refractivity contribution in [3.05, 3.63) is 35.4 Å². The van der Waals surface area contributed by atoms with Gasteiger partial charge in [-0.1, -0.05) is 24.3 Å². The normalized spacial score (nSPS) is 26.1. The Balaban J connectivity index is 1.85. The lowest BCUT2D eigenvalue weighted by Gasteiger charge is -2.19. The zero-order chi connectivity index (χ0) is 12.3. The van der Waals surface area contributed by atoms with E-state index in [1.807, 2.05) is 0 Å². The molecule has 0 bridgehead atoms. The Hall–Kier alpha value is -0.860. The third-order valence-corrected chi connectivity index (χ3v) is 3.88. The lowest BCUT2D eigenvalue weighted by molar-refractivity contribution is 0.177. The van der Waals surface area contributed by atoms with Crippen molar-refractivity contribution >= 4 is 0 Å². The lowest BCUT2D eigenvalue weighted by Crippen LogP contribution is -2.25. The molecule has 0 heterocycles. The van der Waals surface area contributed by atoms with Crippen LogP contribution in [0.1, 0.15) is 43.4 Å². The number of aliphatic hydroxyl groups is 1. The van der Waals surface area contributed by atoms with Crippen molar-refractivity contribution in [3.63, 3.8) is 0 Å². The molecule has 2 heteroatoms. The molecule has 1 aromatic carbocycles. The second kappa shape index (κ2) is 5.65. The second-order valence-corrected chi connectivity index (χ2v) is 5.32. The maximum absolute atomic E-state index is 9.50. The van der Waals surface area contributed by atoms with Crippen LogP contribution in [0.25, 0.3) is 0 Å². The van der Waals surface area contributed by atoms with Crippen LogP contribution in [0.15, 0.2) is 24.3 Å². The van der Waals surface area contributed by atoms with Crippen LogP contribution in [0.3, 0.4) is 0 Å². The fraction of sp³-hybridized carbons (Fsp3) is 0.600. The van der Waals surface area contributed by atoms with Crippen molar-refractivity contribution < 1.29 is 5.11 Å². The van der Waals surface area contributed by atoms with Gasteiger partial charge in [-0.15, -0.1) is 0 Å². The van der Waals surface area contributed by atoms with E-state index in [1.54, 1.807) is 0 Å². The van der Waals surface area contributed by atoms with Gasteiger partial charge in [0.1, 0.15) is 0 Å². The third-order valence-electron chi connectivity index (χ3n) is 3.88. The van der Waals surface area contributed by atoms with Crippen LogP contribution >= 0.6 is 0 Å². The maximum Gasteiger partial charge on any atom is 0.0543 e. The average Bonchev–Trinajstić information content (AvgIpc) is 2.73. The molecule has 1 aromatic rings. The first-order valence-electron chi connectivity index (χ1n) is 6.64. The number of rotatable bonds is 4. The van der Waals surface area contributed by atoms with Gasteiger partial charge in [0.15, 0.2) is 0 Å². The Morgan fingerprint density at radius 1 is 1.35 bits per heavy atom. The highest BCUT2D eigenvalue weighted by atomic mass is 16.3. The lowest BCUT2D eigenvalue weighted by atomic mass is 10.0. The molecule has 1 aliphatic carbocycles. The van der Waals surface area contributed by atoms with E-state index in [0.717, 1.165) is 25.8 Å². The van der Waals surface area contributed by atoms with Crippen molar-refractivity contribution in [1.82, 2.24) is 5.32 Å². The molecule has 2 rings (SSSR count). The predicted octanol–water partition coefficient (Wildman–Crippen LogP) is 2.81. The van der Waals surface area contributed by atoms with Gasteiger partial charge < -0.3 is 10.4 Å². The molecule has 1 saturated carbocycles. The Morgan fingerprint density at radius 2 is 2.12 bits per heavy atom. The van der Waals surface area contributed by atoms with Gasteiger partial charge in [0.2, 0.25) is 0 Å². The van der Waals surface area contributed by atoms with Crippen molar-refractivity contribution in [2.45, 2.75) is 45.3 Å². The van der Waals surface area contributed by atoms with Gasteiger partial charge in [-0.05, 0) is 56.7 Å². The first-order chi connectivity index (χ1) is 8.16. The Kier molecular flexibility index (Phi) is 4.19. The van der Waals surface area contributed by atoms with E-state index in [-0.39, 0.29) is 6.10 Å². The highest BCUT2D eigenvalue weighted by molar-refractivity contribution is 5.28. The molecule has 0 amide bonds. The van der Waals surface area contributed by atoms with Crippen LogP contribution in [-0.2, 0) is 0 Å². The summed E-state index contributed by atoms with van der Waals surface area (Å²) in [5, 5.41) is 13.1. The van der Waals surface area contributed by atoms with Gasteiger partial charge in [0.25, 0.3) is 0 Å². The highest BCUT2D eigenvalue weighted by Gasteiger charge is 2.22. The molecule has 2 nitrogen and oxygen atoms in total. The molecular formula is C15H23NO. The molecule has 17 heavy (non-hydrogen) atoms. The van der Waals surface area contributed by atoms with Gasteiger partial charge in [-0.2, -0.15) is 0 Å². The molecule has 0 aromatic heterocycles. The van der Waals surface area contributed by atoms with E-state index >= 15 is 0 Å². The van der Waals surface area contributed by atoms with E-state index in [9.17, 15) is 5.11 Å². The van der Waals surface area contributed by atoms with Crippen LogP contribution in [0.4, 0.5) is 0 Å². The van der Waals surface area contributed by atoms with Crippen LogP contribution in [0, 0.1) is 12.8 Å². The number of aryl methyl sites for hydroxylation is 1. The quantitative estimate of drug-likeness (QED) is 0.838. The summed E-state index contributed by atoms with van der Waals surface area (Å²) in [5.74, 6) is 0.650. The summed E-state index contributed by atoms with van der Waals surface area (Å²) in [6, 6.07) is 8.93. The van der Waals surface area contributed by atoms with Gasteiger partial charge in [0, 0.05) is 6.04 Å². The fourth-order valence-corrected chi connectivity index (χ4v) is 2.76. The summed E-state index contributed by atoms with van der Waals surface area (Å²) in [4.78, 5) is 0. The van der Waals surface area contributed by atoms with Crippen LogP contribution in [0.2, 0.25) is 0 Å². The highest BCUT2D eigenvalue weighted by Crippen LogP contribution is 2.25. The zero-order valence-corrected chi connectivity index (χ0v) is 10.8. The SMILES string of the molecule is Cc1ccccc1C(C)NCC1CCC(O)C1. The average molecular weight is 233 g/mol. The zero-order valence-electron chi connectivity index (χ0n) is 10.8. The van der Waals surface area contributed by atoms with Gasteiger partial charge in [0.05, 0.1) is 6.10 Å². The summed E-state index contributed by atoms with van der Waals surface area (Å²) in [7, 11) is 0. The smallest absolute Gasteiger partial charge is 0.0543 e. The van der Waals surface area contributed by atoms with Crippen molar-refractivity contribution in [2.24, 2.45) is 5.92 Å². The molecule has 3 atom stereocenters. The first kappa shape index (κ1) is 12.6. The number of hydrogen-bond acceptors (Lipinski definition) is 2. The van der Waals surface area contributed by atoms with Crippen LogP contribution in [-0.4, -0.2) is 17.8 Å². The molecular weight excluding hydrogens is 210 g/mol. The maximum atomic E-state index is 9.50. The molecule has 0 spiro atoms. The molecule has 1 fully saturated rings. The molecule has 2 N–H and O–H groups in total. The van der Waals surface area contributed by atoms with Crippen molar-refractivity contribution in [2.75, 3.05) is 6.54 Å². The standard InChI is InChI=1S/C15H23NO/c1-11-5-3-4-6-15(11)12(2)16-10-13-7-8-14(17)9-13/h3-6,12-14,16-17H,7-10H2,1-2H3. The second-order valence-electron chi connectivity index (χ2n) is 5.32.